The first kappa shape index (κ1) is 12.0. The Balaban J connectivity index is 2.32. The molecule has 1 amide bonds. The van der Waals surface area contributed by atoms with Gasteiger partial charge in [-0.05, 0) is 13.0 Å². The molecule has 7 heteroatoms. The van der Waals surface area contributed by atoms with Gasteiger partial charge in [0.1, 0.15) is 6.54 Å². The van der Waals surface area contributed by atoms with E-state index >= 15 is 0 Å². The van der Waals surface area contributed by atoms with E-state index in [-0.39, 0.29) is 12.5 Å². The van der Waals surface area contributed by atoms with E-state index in [0.29, 0.717) is 11.2 Å². The standard InChI is InChI=1S/C11H12N4O3/c1-6-8-3-7(4-12-10(8)14-13-6)11(18)15(2)5-9(16)17/h3-4H,5H2,1-2H3,(H,16,17)(H,12,13,14). The Hall–Kier alpha value is -2.44. The smallest absolute Gasteiger partial charge is 0.323 e. The summed E-state index contributed by atoms with van der Waals surface area (Å²) in [6, 6.07) is 1.65. The van der Waals surface area contributed by atoms with Crippen molar-refractivity contribution in [1.29, 1.82) is 0 Å². The summed E-state index contributed by atoms with van der Waals surface area (Å²) in [5.74, 6) is -1.44. The lowest BCUT2D eigenvalue weighted by Crippen LogP contribution is -2.31. The summed E-state index contributed by atoms with van der Waals surface area (Å²) in [7, 11) is 1.43. The van der Waals surface area contributed by atoms with Gasteiger partial charge in [0.2, 0.25) is 0 Å². The molecule has 2 N–H and O–H groups in total. The second-order valence-electron chi connectivity index (χ2n) is 4.00. The number of carbonyl (C=O) groups excluding carboxylic acids is 1. The van der Waals surface area contributed by atoms with Crippen molar-refractivity contribution >= 4 is 22.9 Å². The number of rotatable bonds is 3. The number of pyridine rings is 1. The zero-order valence-electron chi connectivity index (χ0n) is 9.97. The minimum absolute atomic E-state index is 0.343. The van der Waals surface area contributed by atoms with Gasteiger partial charge in [-0.15, -0.1) is 0 Å². The number of hydrogen-bond acceptors (Lipinski definition) is 4. The highest BCUT2D eigenvalue weighted by atomic mass is 16.4. The van der Waals surface area contributed by atoms with Gasteiger partial charge in [-0.2, -0.15) is 5.10 Å². The number of carbonyl (C=O) groups is 2. The second kappa shape index (κ2) is 4.44. The van der Waals surface area contributed by atoms with Crippen LogP contribution in [0, 0.1) is 6.92 Å². The highest BCUT2D eigenvalue weighted by Gasteiger charge is 2.16. The van der Waals surface area contributed by atoms with Crippen LogP contribution >= 0.6 is 0 Å². The Kier molecular flexibility index (Phi) is 2.97. The number of carboxylic acids is 1. The van der Waals surface area contributed by atoms with Crippen LogP contribution in [0.25, 0.3) is 11.0 Å². The molecule has 0 spiro atoms. The third-order valence-corrected chi connectivity index (χ3v) is 2.57. The van der Waals surface area contributed by atoms with Gasteiger partial charge in [-0.25, -0.2) is 4.98 Å². The van der Waals surface area contributed by atoms with Crippen molar-refractivity contribution in [1.82, 2.24) is 20.1 Å². The molecule has 2 aromatic rings. The Morgan fingerprint density at radius 2 is 2.22 bits per heavy atom. The maximum atomic E-state index is 11.9. The number of carboxylic acid groups (broad SMARTS) is 1. The molecular formula is C11H12N4O3. The average molecular weight is 248 g/mol. The van der Waals surface area contributed by atoms with Gasteiger partial charge in [0.25, 0.3) is 5.91 Å². The molecule has 94 valence electrons. The molecule has 0 bridgehead atoms. The molecule has 2 aromatic heterocycles. The van der Waals surface area contributed by atoms with E-state index in [4.69, 9.17) is 5.11 Å². The first-order valence-electron chi connectivity index (χ1n) is 5.27. The molecule has 2 rings (SSSR count). The van der Waals surface area contributed by atoms with Crippen LogP contribution in [0.5, 0.6) is 0 Å². The van der Waals surface area contributed by atoms with E-state index in [1.807, 2.05) is 6.92 Å². The van der Waals surface area contributed by atoms with E-state index < -0.39 is 5.97 Å². The summed E-state index contributed by atoms with van der Waals surface area (Å²) in [6.45, 7) is 1.48. The van der Waals surface area contributed by atoms with Crippen molar-refractivity contribution in [2.24, 2.45) is 0 Å². The second-order valence-corrected chi connectivity index (χ2v) is 4.00. The number of nitrogens with zero attached hydrogens (tertiary/aromatic N) is 3. The first-order valence-corrected chi connectivity index (χ1v) is 5.27. The number of aromatic nitrogens is 3. The van der Waals surface area contributed by atoms with E-state index in [9.17, 15) is 9.59 Å². The van der Waals surface area contributed by atoms with Gasteiger partial charge >= 0.3 is 5.97 Å². The van der Waals surface area contributed by atoms with E-state index in [0.717, 1.165) is 16.0 Å². The van der Waals surface area contributed by atoms with E-state index in [2.05, 4.69) is 15.2 Å². The largest absolute Gasteiger partial charge is 0.480 e. The highest BCUT2D eigenvalue weighted by Crippen LogP contribution is 2.15. The lowest BCUT2D eigenvalue weighted by atomic mass is 10.2. The monoisotopic (exact) mass is 248 g/mol. The summed E-state index contributed by atoms with van der Waals surface area (Å²) in [5, 5.41) is 16.1. The maximum Gasteiger partial charge on any atom is 0.323 e. The number of nitrogens with one attached hydrogen (secondary N) is 1. The lowest BCUT2D eigenvalue weighted by Gasteiger charge is -2.14. The van der Waals surface area contributed by atoms with Crippen LogP contribution in [0.4, 0.5) is 0 Å². The molecule has 0 unspecified atom stereocenters. The predicted molar refractivity (Wildman–Crippen MR) is 63.2 cm³/mol. The Labute approximate surface area is 102 Å². The third-order valence-electron chi connectivity index (χ3n) is 2.57. The van der Waals surface area contributed by atoms with Crippen molar-refractivity contribution in [2.45, 2.75) is 6.92 Å². The van der Waals surface area contributed by atoms with Crippen LogP contribution in [0.3, 0.4) is 0 Å². The Morgan fingerprint density at radius 3 is 2.89 bits per heavy atom. The van der Waals surface area contributed by atoms with Gasteiger partial charge in [-0.3, -0.25) is 14.7 Å². The molecule has 7 nitrogen and oxygen atoms in total. The summed E-state index contributed by atoms with van der Waals surface area (Å²) in [5.41, 5.74) is 1.69. The van der Waals surface area contributed by atoms with Crippen molar-refractivity contribution < 1.29 is 14.7 Å². The van der Waals surface area contributed by atoms with Crippen LogP contribution in [0.1, 0.15) is 16.1 Å². The van der Waals surface area contributed by atoms with Gasteiger partial charge < -0.3 is 10.0 Å². The van der Waals surface area contributed by atoms with Crippen LogP contribution in [-0.2, 0) is 4.79 Å². The van der Waals surface area contributed by atoms with Crippen molar-refractivity contribution in [3.05, 3.63) is 23.5 Å². The normalized spacial score (nSPS) is 10.6. The van der Waals surface area contributed by atoms with Crippen LogP contribution < -0.4 is 0 Å². The van der Waals surface area contributed by atoms with Gasteiger partial charge in [0.05, 0.1) is 5.56 Å². The fourth-order valence-corrected chi connectivity index (χ4v) is 1.63. The Morgan fingerprint density at radius 1 is 1.50 bits per heavy atom. The zero-order chi connectivity index (χ0) is 13.3. The minimum Gasteiger partial charge on any atom is -0.480 e. The van der Waals surface area contributed by atoms with Crippen molar-refractivity contribution in [3.8, 4) is 0 Å². The molecule has 0 fully saturated rings. The number of likely N-dealkylation sites (N-methyl/N-ethyl adjacent to an activating group) is 1. The molecule has 0 radical (unpaired) electrons. The topological polar surface area (TPSA) is 99.2 Å². The SMILES string of the molecule is Cc1[nH]nc2ncc(C(=O)N(C)CC(=O)O)cc12. The summed E-state index contributed by atoms with van der Waals surface area (Å²) < 4.78 is 0. The maximum absolute atomic E-state index is 11.9. The van der Waals surface area contributed by atoms with Crippen LogP contribution in [0.15, 0.2) is 12.3 Å². The Bertz CT molecular complexity index is 620. The third kappa shape index (κ3) is 2.15. The number of aliphatic carboxylic acids is 1. The zero-order valence-corrected chi connectivity index (χ0v) is 9.97. The molecule has 0 saturated carbocycles. The molecule has 18 heavy (non-hydrogen) atoms. The van der Waals surface area contributed by atoms with Crippen LogP contribution in [-0.4, -0.2) is 50.7 Å². The molecule has 0 atom stereocenters. The minimum atomic E-state index is -1.06. The van der Waals surface area contributed by atoms with Crippen molar-refractivity contribution in [2.75, 3.05) is 13.6 Å². The fraction of sp³-hybridized carbons (Fsp3) is 0.273. The number of aryl methyl sites for hydroxylation is 1. The van der Waals surface area contributed by atoms with Crippen LogP contribution in [0.2, 0.25) is 0 Å². The molecular weight excluding hydrogens is 236 g/mol. The number of aromatic amines is 1. The quantitative estimate of drug-likeness (QED) is 0.820. The number of H-pyrrole nitrogens is 1. The lowest BCUT2D eigenvalue weighted by molar-refractivity contribution is -0.137. The van der Waals surface area contributed by atoms with Gasteiger partial charge in [-0.1, -0.05) is 0 Å². The number of fused-ring (bicyclic) bond motifs is 1. The van der Waals surface area contributed by atoms with Crippen molar-refractivity contribution in [3.63, 3.8) is 0 Å². The van der Waals surface area contributed by atoms with Gasteiger partial charge in [0, 0.05) is 24.3 Å². The molecule has 0 aliphatic heterocycles. The molecule has 0 saturated heterocycles. The number of hydrogen-bond donors (Lipinski definition) is 2. The predicted octanol–water partition coefficient (Wildman–Crippen LogP) is 0.423. The molecule has 0 aliphatic rings. The van der Waals surface area contributed by atoms with E-state index in [1.165, 1.54) is 13.2 Å². The molecule has 2 heterocycles. The first-order chi connectivity index (χ1) is 8.49. The molecule has 0 aliphatic carbocycles. The van der Waals surface area contributed by atoms with E-state index in [1.54, 1.807) is 6.07 Å². The molecule has 0 aromatic carbocycles. The highest BCUT2D eigenvalue weighted by molar-refractivity contribution is 5.98. The van der Waals surface area contributed by atoms with Gasteiger partial charge in [0.15, 0.2) is 5.65 Å². The summed E-state index contributed by atoms with van der Waals surface area (Å²) in [6.07, 6.45) is 1.39. The number of amides is 1. The average Bonchev–Trinajstić information content (AvgIpc) is 2.69. The fourth-order valence-electron chi connectivity index (χ4n) is 1.63. The summed E-state index contributed by atoms with van der Waals surface area (Å²) in [4.78, 5) is 27.7. The summed E-state index contributed by atoms with van der Waals surface area (Å²) >= 11 is 0.